The lowest BCUT2D eigenvalue weighted by Gasteiger charge is -2.12. The third kappa shape index (κ3) is 2.76. The summed E-state index contributed by atoms with van der Waals surface area (Å²) in [7, 11) is 1.62. The van der Waals surface area contributed by atoms with Gasteiger partial charge in [0.1, 0.15) is 11.9 Å². The standard InChI is InChI=1S/C11H14O3/c1-8(14-9(2)12)10-4-6-11(13-3)7-5-10/h4-8H,1-3H3/t8-/m0/s1. The van der Waals surface area contributed by atoms with E-state index >= 15 is 0 Å². The average molecular weight is 194 g/mol. The normalized spacial score (nSPS) is 11.9. The minimum Gasteiger partial charge on any atom is -0.497 e. The van der Waals surface area contributed by atoms with Gasteiger partial charge in [0, 0.05) is 6.92 Å². The molecule has 0 radical (unpaired) electrons. The molecule has 1 rings (SSSR count). The highest BCUT2D eigenvalue weighted by atomic mass is 16.5. The maximum absolute atomic E-state index is 10.7. The highest BCUT2D eigenvalue weighted by Crippen LogP contribution is 2.19. The van der Waals surface area contributed by atoms with E-state index in [-0.39, 0.29) is 12.1 Å². The summed E-state index contributed by atoms with van der Waals surface area (Å²) in [4.78, 5) is 10.7. The van der Waals surface area contributed by atoms with E-state index in [1.165, 1.54) is 6.92 Å². The molecule has 0 saturated carbocycles. The SMILES string of the molecule is COc1ccc([C@H](C)OC(C)=O)cc1. The van der Waals surface area contributed by atoms with Gasteiger partial charge in [0.05, 0.1) is 7.11 Å². The molecule has 0 N–H and O–H groups in total. The molecular formula is C11H14O3. The second kappa shape index (κ2) is 4.65. The van der Waals surface area contributed by atoms with Gasteiger partial charge < -0.3 is 9.47 Å². The number of methoxy groups -OCH3 is 1. The molecule has 0 fully saturated rings. The summed E-state index contributed by atoms with van der Waals surface area (Å²) in [6, 6.07) is 7.45. The molecule has 0 bridgehead atoms. The Balaban J connectivity index is 2.71. The van der Waals surface area contributed by atoms with Gasteiger partial charge in [-0.2, -0.15) is 0 Å². The number of carbonyl (C=O) groups excluding carboxylic acids is 1. The van der Waals surface area contributed by atoms with E-state index in [2.05, 4.69) is 0 Å². The minimum absolute atomic E-state index is 0.210. The van der Waals surface area contributed by atoms with Crippen LogP contribution in [0.25, 0.3) is 0 Å². The Morgan fingerprint density at radius 3 is 2.29 bits per heavy atom. The van der Waals surface area contributed by atoms with Gasteiger partial charge in [-0.05, 0) is 24.6 Å². The Morgan fingerprint density at radius 2 is 1.86 bits per heavy atom. The number of esters is 1. The van der Waals surface area contributed by atoms with Gasteiger partial charge >= 0.3 is 5.97 Å². The van der Waals surface area contributed by atoms with E-state index in [9.17, 15) is 4.79 Å². The second-order valence-electron chi connectivity index (χ2n) is 3.02. The van der Waals surface area contributed by atoms with Crippen molar-refractivity contribution in [3.05, 3.63) is 29.8 Å². The van der Waals surface area contributed by atoms with Gasteiger partial charge in [-0.15, -0.1) is 0 Å². The quantitative estimate of drug-likeness (QED) is 0.693. The first-order valence-electron chi connectivity index (χ1n) is 4.44. The van der Waals surface area contributed by atoms with Crippen LogP contribution in [0.2, 0.25) is 0 Å². The van der Waals surface area contributed by atoms with Crippen LogP contribution in [0.1, 0.15) is 25.5 Å². The van der Waals surface area contributed by atoms with Gasteiger partial charge in [0.25, 0.3) is 0 Å². The Labute approximate surface area is 83.6 Å². The van der Waals surface area contributed by atoms with E-state index in [4.69, 9.17) is 9.47 Å². The monoisotopic (exact) mass is 194 g/mol. The van der Waals surface area contributed by atoms with Gasteiger partial charge in [0.15, 0.2) is 0 Å². The molecule has 0 aliphatic rings. The maximum Gasteiger partial charge on any atom is 0.303 e. The fourth-order valence-corrected chi connectivity index (χ4v) is 1.19. The van der Waals surface area contributed by atoms with Crippen molar-refractivity contribution in [1.82, 2.24) is 0 Å². The van der Waals surface area contributed by atoms with Gasteiger partial charge in [-0.25, -0.2) is 0 Å². The molecule has 76 valence electrons. The first-order valence-corrected chi connectivity index (χ1v) is 4.44. The predicted octanol–water partition coefficient (Wildman–Crippen LogP) is 2.32. The van der Waals surface area contributed by atoms with Crippen LogP contribution >= 0.6 is 0 Å². The fraction of sp³-hybridized carbons (Fsp3) is 0.364. The van der Waals surface area contributed by atoms with Crippen LogP contribution in [-0.2, 0) is 9.53 Å². The summed E-state index contributed by atoms with van der Waals surface area (Å²) in [5.74, 6) is 0.525. The number of carbonyl (C=O) groups is 1. The van der Waals surface area contributed by atoms with Crippen LogP contribution in [0.15, 0.2) is 24.3 Å². The molecule has 1 aromatic carbocycles. The van der Waals surface area contributed by atoms with Crippen LogP contribution in [0.5, 0.6) is 5.75 Å². The van der Waals surface area contributed by atoms with Crippen LogP contribution in [0.4, 0.5) is 0 Å². The largest absolute Gasteiger partial charge is 0.497 e. The zero-order chi connectivity index (χ0) is 10.6. The third-order valence-corrected chi connectivity index (χ3v) is 1.93. The van der Waals surface area contributed by atoms with Gasteiger partial charge in [0.2, 0.25) is 0 Å². The van der Waals surface area contributed by atoms with Crippen molar-refractivity contribution >= 4 is 5.97 Å². The molecule has 1 aromatic rings. The summed E-state index contributed by atoms with van der Waals surface area (Å²) in [5.41, 5.74) is 0.959. The van der Waals surface area contributed by atoms with Crippen molar-refractivity contribution < 1.29 is 14.3 Å². The Bertz CT molecular complexity index is 303. The molecule has 0 saturated heterocycles. The van der Waals surface area contributed by atoms with Crippen LogP contribution < -0.4 is 4.74 Å². The van der Waals surface area contributed by atoms with Crippen LogP contribution in [-0.4, -0.2) is 13.1 Å². The van der Waals surface area contributed by atoms with Crippen molar-refractivity contribution in [1.29, 1.82) is 0 Å². The van der Waals surface area contributed by atoms with E-state index in [1.54, 1.807) is 7.11 Å². The Kier molecular flexibility index (Phi) is 3.51. The van der Waals surface area contributed by atoms with E-state index < -0.39 is 0 Å². The molecule has 0 aliphatic heterocycles. The highest BCUT2D eigenvalue weighted by Gasteiger charge is 2.07. The smallest absolute Gasteiger partial charge is 0.303 e. The zero-order valence-electron chi connectivity index (χ0n) is 8.61. The lowest BCUT2D eigenvalue weighted by atomic mass is 10.1. The highest BCUT2D eigenvalue weighted by molar-refractivity contribution is 5.66. The number of rotatable bonds is 3. The van der Waals surface area contributed by atoms with Crippen molar-refractivity contribution in [3.8, 4) is 5.75 Å². The summed E-state index contributed by atoms with van der Waals surface area (Å²) in [6.07, 6.45) is -0.210. The molecule has 0 heterocycles. The molecular weight excluding hydrogens is 180 g/mol. The number of hydrogen-bond donors (Lipinski definition) is 0. The number of ether oxygens (including phenoxy) is 2. The third-order valence-electron chi connectivity index (χ3n) is 1.93. The average Bonchev–Trinajstić information content (AvgIpc) is 2.17. The first-order chi connectivity index (χ1) is 6.63. The molecule has 0 unspecified atom stereocenters. The molecule has 1 atom stereocenters. The van der Waals surface area contributed by atoms with Crippen molar-refractivity contribution in [2.45, 2.75) is 20.0 Å². The lowest BCUT2D eigenvalue weighted by molar-refractivity contribution is -0.145. The molecule has 0 amide bonds. The molecule has 3 heteroatoms. The van der Waals surface area contributed by atoms with Crippen molar-refractivity contribution in [3.63, 3.8) is 0 Å². The molecule has 3 nitrogen and oxygen atoms in total. The first kappa shape index (κ1) is 10.6. The van der Waals surface area contributed by atoms with Crippen molar-refractivity contribution in [2.75, 3.05) is 7.11 Å². The van der Waals surface area contributed by atoms with Gasteiger partial charge in [-0.3, -0.25) is 4.79 Å². The number of benzene rings is 1. The fourth-order valence-electron chi connectivity index (χ4n) is 1.19. The number of hydrogen-bond acceptors (Lipinski definition) is 3. The molecule has 0 aromatic heterocycles. The molecule has 14 heavy (non-hydrogen) atoms. The lowest BCUT2D eigenvalue weighted by Crippen LogP contribution is -2.04. The topological polar surface area (TPSA) is 35.5 Å². The summed E-state index contributed by atoms with van der Waals surface area (Å²) < 4.78 is 10.1. The van der Waals surface area contributed by atoms with Crippen LogP contribution in [0.3, 0.4) is 0 Å². The van der Waals surface area contributed by atoms with Crippen molar-refractivity contribution in [2.24, 2.45) is 0 Å². The minimum atomic E-state index is -0.270. The van der Waals surface area contributed by atoms with Gasteiger partial charge in [-0.1, -0.05) is 12.1 Å². The van der Waals surface area contributed by atoms with E-state index in [0.29, 0.717) is 0 Å². The Morgan fingerprint density at radius 1 is 1.29 bits per heavy atom. The summed E-state index contributed by atoms with van der Waals surface area (Å²) >= 11 is 0. The maximum atomic E-state index is 10.7. The summed E-state index contributed by atoms with van der Waals surface area (Å²) in [6.45, 7) is 3.24. The van der Waals surface area contributed by atoms with Crippen LogP contribution in [0, 0.1) is 0 Å². The van der Waals surface area contributed by atoms with E-state index in [0.717, 1.165) is 11.3 Å². The van der Waals surface area contributed by atoms with E-state index in [1.807, 2.05) is 31.2 Å². The Hall–Kier alpha value is -1.51. The summed E-state index contributed by atoms with van der Waals surface area (Å²) in [5, 5.41) is 0. The zero-order valence-corrected chi connectivity index (χ0v) is 8.61. The molecule has 0 spiro atoms. The predicted molar refractivity (Wildman–Crippen MR) is 53.2 cm³/mol. The molecule has 0 aliphatic carbocycles. The second-order valence-corrected chi connectivity index (χ2v) is 3.02.